The van der Waals surface area contributed by atoms with E-state index in [0.29, 0.717) is 19.8 Å². The lowest BCUT2D eigenvalue weighted by Crippen LogP contribution is -2.51. The van der Waals surface area contributed by atoms with Gasteiger partial charge in [-0.15, -0.1) is 0 Å². The third-order valence-corrected chi connectivity index (χ3v) is 3.85. The largest absolute Gasteiger partial charge is 0.394 e. The van der Waals surface area contributed by atoms with Gasteiger partial charge in [0, 0.05) is 25.9 Å². The summed E-state index contributed by atoms with van der Waals surface area (Å²) in [5.74, 6) is 0. The van der Waals surface area contributed by atoms with Crippen molar-refractivity contribution in [2.45, 2.75) is 43.7 Å². The van der Waals surface area contributed by atoms with Gasteiger partial charge in [0.15, 0.2) is 0 Å². The second kappa shape index (κ2) is 9.66. The maximum atomic E-state index is 9.50. The van der Waals surface area contributed by atoms with Crippen molar-refractivity contribution in [3.8, 4) is 0 Å². The van der Waals surface area contributed by atoms with Gasteiger partial charge in [0.25, 0.3) is 0 Å². The van der Waals surface area contributed by atoms with E-state index >= 15 is 0 Å². The highest BCUT2D eigenvalue weighted by molar-refractivity contribution is 4.92. The van der Waals surface area contributed by atoms with E-state index in [1.807, 2.05) is 7.05 Å². The third kappa shape index (κ3) is 6.19. The molecule has 5 heteroatoms. The molecule has 0 saturated heterocycles. The van der Waals surface area contributed by atoms with Crippen LogP contribution in [0.5, 0.6) is 0 Å². The summed E-state index contributed by atoms with van der Waals surface area (Å²) in [5, 5.41) is 12.8. The minimum absolute atomic E-state index is 0.141. The quantitative estimate of drug-likeness (QED) is 0.581. The Hall–Kier alpha value is -0.200. The van der Waals surface area contributed by atoms with Gasteiger partial charge in [0.1, 0.15) is 0 Å². The first kappa shape index (κ1) is 16.9. The van der Waals surface area contributed by atoms with Gasteiger partial charge in [-0.25, -0.2) is 0 Å². The second-order valence-corrected chi connectivity index (χ2v) is 5.24. The molecule has 0 bridgehead atoms. The van der Waals surface area contributed by atoms with Gasteiger partial charge < -0.3 is 24.6 Å². The molecule has 2 atom stereocenters. The number of likely N-dealkylation sites (N-methyl/N-ethyl adjacent to an activating group) is 1. The van der Waals surface area contributed by atoms with Crippen LogP contribution in [0.3, 0.4) is 0 Å². The van der Waals surface area contributed by atoms with Crippen LogP contribution < -0.4 is 5.32 Å². The van der Waals surface area contributed by atoms with Crippen molar-refractivity contribution in [2.75, 3.05) is 47.2 Å². The average molecular weight is 275 g/mol. The van der Waals surface area contributed by atoms with Crippen molar-refractivity contribution in [2.24, 2.45) is 0 Å². The fourth-order valence-corrected chi connectivity index (χ4v) is 2.56. The molecule has 1 aliphatic rings. The number of hydrogen-bond acceptors (Lipinski definition) is 5. The number of hydrogen-bond donors (Lipinski definition) is 2. The van der Waals surface area contributed by atoms with E-state index in [-0.39, 0.29) is 18.2 Å². The molecule has 0 aromatic rings. The molecule has 0 heterocycles. The van der Waals surface area contributed by atoms with E-state index in [4.69, 9.17) is 14.2 Å². The molecule has 19 heavy (non-hydrogen) atoms. The molecule has 5 nitrogen and oxygen atoms in total. The Balaban J connectivity index is 2.09. The molecule has 1 aliphatic carbocycles. The van der Waals surface area contributed by atoms with Crippen LogP contribution in [-0.4, -0.2) is 63.9 Å². The smallest absolute Gasteiger partial charge is 0.0700 e. The van der Waals surface area contributed by atoms with Crippen LogP contribution in [0.15, 0.2) is 0 Å². The van der Waals surface area contributed by atoms with Gasteiger partial charge in [0.2, 0.25) is 0 Å². The highest BCUT2D eigenvalue weighted by Gasteiger charge is 2.34. The number of rotatable bonds is 10. The van der Waals surface area contributed by atoms with Crippen molar-refractivity contribution in [1.82, 2.24) is 5.32 Å². The lowest BCUT2D eigenvalue weighted by atomic mass is 9.81. The Morgan fingerprint density at radius 2 is 2.11 bits per heavy atom. The Kier molecular flexibility index (Phi) is 8.57. The van der Waals surface area contributed by atoms with E-state index in [1.165, 1.54) is 0 Å². The monoisotopic (exact) mass is 275 g/mol. The fraction of sp³-hybridized carbons (Fsp3) is 1.00. The van der Waals surface area contributed by atoms with Crippen molar-refractivity contribution < 1.29 is 19.3 Å². The zero-order chi connectivity index (χ0) is 14.0. The van der Waals surface area contributed by atoms with Crippen LogP contribution in [0.25, 0.3) is 0 Å². The molecule has 0 amide bonds. The number of aliphatic hydroxyl groups is 1. The lowest BCUT2D eigenvalue weighted by Gasteiger charge is -2.39. The molecule has 0 aromatic heterocycles. The number of nitrogens with one attached hydrogen (secondary N) is 1. The standard InChI is InChI=1S/C14H29NO4/c1-15-14(12-16)6-3-5-13(11-14)19-8-4-7-18-10-9-17-2/h13,15-16H,3-12H2,1-2H3. The minimum Gasteiger partial charge on any atom is -0.394 e. The van der Waals surface area contributed by atoms with Crippen LogP contribution >= 0.6 is 0 Å². The van der Waals surface area contributed by atoms with E-state index in [9.17, 15) is 5.11 Å². The first-order valence-electron chi connectivity index (χ1n) is 7.24. The van der Waals surface area contributed by atoms with Crippen molar-refractivity contribution >= 4 is 0 Å². The molecule has 0 spiro atoms. The van der Waals surface area contributed by atoms with Gasteiger partial charge in [-0.1, -0.05) is 0 Å². The fourth-order valence-electron chi connectivity index (χ4n) is 2.56. The lowest BCUT2D eigenvalue weighted by molar-refractivity contribution is -0.0227. The van der Waals surface area contributed by atoms with E-state index in [0.717, 1.165) is 38.7 Å². The zero-order valence-corrected chi connectivity index (χ0v) is 12.3. The molecule has 0 aliphatic heterocycles. The molecule has 114 valence electrons. The van der Waals surface area contributed by atoms with Crippen LogP contribution in [0, 0.1) is 0 Å². The van der Waals surface area contributed by atoms with E-state index in [1.54, 1.807) is 7.11 Å². The summed E-state index contributed by atoms with van der Waals surface area (Å²) in [7, 11) is 3.59. The molecule has 0 radical (unpaired) electrons. The molecule has 2 unspecified atom stereocenters. The minimum atomic E-state index is -0.141. The predicted molar refractivity (Wildman–Crippen MR) is 74.4 cm³/mol. The maximum Gasteiger partial charge on any atom is 0.0700 e. The Morgan fingerprint density at radius 3 is 2.79 bits per heavy atom. The first-order valence-corrected chi connectivity index (χ1v) is 7.24. The normalized spacial score (nSPS) is 27.6. The molecule has 0 aromatic carbocycles. The summed E-state index contributed by atoms with van der Waals surface area (Å²) in [6.07, 6.45) is 5.29. The zero-order valence-electron chi connectivity index (χ0n) is 12.3. The summed E-state index contributed by atoms with van der Waals surface area (Å²) in [4.78, 5) is 0. The van der Waals surface area contributed by atoms with Gasteiger partial charge in [-0.05, 0) is 39.2 Å². The van der Waals surface area contributed by atoms with Crippen LogP contribution in [-0.2, 0) is 14.2 Å². The topological polar surface area (TPSA) is 60.0 Å². The number of methoxy groups -OCH3 is 1. The summed E-state index contributed by atoms with van der Waals surface area (Å²) >= 11 is 0. The molecule has 1 fully saturated rings. The number of aliphatic hydroxyl groups excluding tert-OH is 1. The Bertz CT molecular complexity index is 221. The van der Waals surface area contributed by atoms with Gasteiger partial charge in [-0.3, -0.25) is 0 Å². The van der Waals surface area contributed by atoms with E-state index in [2.05, 4.69) is 5.32 Å². The molecular weight excluding hydrogens is 246 g/mol. The van der Waals surface area contributed by atoms with Crippen LogP contribution in [0.2, 0.25) is 0 Å². The first-order chi connectivity index (χ1) is 9.26. The molecular formula is C14H29NO4. The Labute approximate surface area is 116 Å². The van der Waals surface area contributed by atoms with E-state index < -0.39 is 0 Å². The molecule has 2 N–H and O–H groups in total. The van der Waals surface area contributed by atoms with Gasteiger partial charge in [-0.2, -0.15) is 0 Å². The predicted octanol–water partition coefficient (Wildman–Crippen LogP) is 0.949. The third-order valence-electron chi connectivity index (χ3n) is 3.85. The Morgan fingerprint density at radius 1 is 1.26 bits per heavy atom. The second-order valence-electron chi connectivity index (χ2n) is 5.24. The summed E-state index contributed by atoms with van der Waals surface area (Å²) in [6.45, 7) is 2.91. The number of ether oxygens (including phenoxy) is 3. The van der Waals surface area contributed by atoms with Crippen molar-refractivity contribution in [1.29, 1.82) is 0 Å². The van der Waals surface area contributed by atoms with Crippen LogP contribution in [0.1, 0.15) is 32.1 Å². The summed E-state index contributed by atoms with van der Waals surface area (Å²) in [5.41, 5.74) is -0.141. The van der Waals surface area contributed by atoms with Crippen LogP contribution in [0.4, 0.5) is 0 Å². The van der Waals surface area contributed by atoms with Gasteiger partial charge >= 0.3 is 0 Å². The van der Waals surface area contributed by atoms with Crippen molar-refractivity contribution in [3.63, 3.8) is 0 Å². The molecule has 1 rings (SSSR count). The highest BCUT2D eigenvalue weighted by atomic mass is 16.5. The maximum absolute atomic E-state index is 9.50. The SMILES string of the molecule is CNC1(CO)CCCC(OCCCOCCOC)C1. The highest BCUT2D eigenvalue weighted by Crippen LogP contribution is 2.29. The molecule has 1 saturated carbocycles. The summed E-state index contributed by atoms with van der Waals surface area (Å²) in [6, 6.07) is 0. The average Bonchev–Trinajstić information content (AvgIpc) is 2.46. The summed E-state index contributed by atoms with van der Waals surface area (Å²) < 4.78 is 16.2. The van der Waals surface area contributed by atoms with Gasteiger partial charge in [0.05, 0.1) is 25.9 Å². The van der Waals surface area contributed by atoms with Crippen molar-refractivity contribution in [3.05, 3.63) is 0 Å².